The molecule has 8 heteroatoms. The SMILES string of the molecule is N#CC(c1ccccc1)C1CCCN1c1cc(C(F)(F)F)nc(-c2ccccn2)n1. The van der Waals surface area contributed by atoms with E-state index in [1.165, 1.54) is 6.20 Å². The first-order chi connectivity index (χ1) is 14.5. The summed E-state index contributed by atoms with van der Waals surface area (Å²) in [6.07, 6.45) is -1.68. The van der Waals surface area contributed by atoms with Gasteiger partial charge in [-0.15, -0.1) is 0 Å². The van der Waals surface area contributed by atoms with Crippen molar-refractivity contribution in [2.75, 3.05) is 11.4 Å². The average molecular weight is 409 g/mol. The maximum Gasteiger partial charge on any atom is 0.433 e. The molecule has 2 aromatic heterocycles. The van der Waals surface area contributed by atoms with E-state index < -0.39 is 17.8 Å². The maximum atomic E-state index is 13.6. The molecule has 0 N–H and O–H groups in total. The van der Waals surface area contributed by atoms with Crippen molar-refractivity contribution in [2.24, 2.45) is 0 Å². The molecular weight excluding hydrogens is 391 g/mol. The molecule has 0 amide bonds. The molecule has 5 nitrogen and oxygen atoms in total. The van der Waals surface area contributed by atoms with Gasteiger partial charge in [-0.3, -0.25) is 4.98 Å². The highest BCUT2D eigenvalue weighted by Crippen LogP contribution is 2.37. The van der Waals surface area contributed by atoms with Crippen LogP contribution in [0.2, 0.25) is 0 Å². The lowest BCUT2D eigenvalue weighted by atomic mass is 9.91. The van der Waals surface area contributed by atoms with E-state index in [1.807, 2.05) is 30.3 Å². The van der Waals surface area contributed by atoms with Gasteiger partial charge in [0.1, 0.15) is 11.5 Å². The van der Waals surface area contributed by atoms with Crippen LogP contribution in [0.4, 0.5) is 19.0 Å². The van der Waals surface area contributed by atoms with E-state index in [2.05, 4.69) is 21.0 Å². The zero-order valence-corrected chi connectivity index (χ0v) is 15.9. The highest BCUT2D eigenvalue weighted by molar-refractivity contribution is 5.55. The minimum Gasteiger partial charge on any atom is -0.352 e. The predicted octanol–water partition coefficient (Wildman–Crippen LogP) is 4.83. The second-order valence-electron chi connectivity index (χ2n) is 7.07. The molecule has 0 bridgehead atoms. The highest BCUT2D eigenvalue weighted by atomic mass is 19.4. The Balaban J connectivity index is 1.77. The molecule has 0 spiro atoms. The third-order valence-electron chi connectivity index (χ3n) is 5.17. The summed E-state index contributed by atoms with van der Waals surface area (Å²) in [6, 6.07) is 17.2. The molecule has 2 atom stereocenters. The second-order valence-corrected chi connectivity index (χ2v) is 7.07. The zero-order chi connectivity index (χ0) is 21.1. The lowest BCUT2D eigenvalue weighted by Crippen LogP contribution is -2.35. The first-order valence-electron chi connectivity index (χ1n) is 9.56. The van der Waals surface area contributed by atoms with Gasteiger partial charge < -0.3 is 4.90 Å². The second kappa shape index (κ2) is 8.11. The van der Waals surface area contributed by atoms with Gasteiger partial charge in [-0.25, -0.2) is 9.97 Å². The van der Waals surface area contributed by atoms with Crippen LogP contribution < -0.4 is 4.90 Å². The molecule has 3 heterocycles. The molecule has 30 heavy (non-hydrogen) atoms. The summed E-state index contributed by atoms with van der Waals surface area (Å²) in [7, 11) is 0. The van der Waals surface area contributed by atoms with Crippen LogP contribution in [-0.2, 0) is 6.18 Å². The number of hydrogen-bond acceptors (Lipinski definition) is 5. The van der Waals surface area contributed by atoms with Crippen molar-refractivity contribution in [1.82, 2.24) is 15.0 Å². The van der Waals surface area contributed by atoms with Crippen LogP contribution in [0.15, 0.2) is 60.8 Å². The topological polar surface area (TPSA) is 65.7 Å². The van der Waals surface area contributed by atoms with Gasteiger partial charge in [-0.05, 0) is 30.5 Å². The Kier molecular flexibility index (Phi) is 5.36. The van der Waals surface area contributed by atoms with E-state index in [0.29, 0.717) is 13.0 Å². The fourth-order valence-electron chi connectivity index (χ4n) is 3.80. The number of aromatic nitrogens is 3. The lowest BCUT2D eigenvalue weighted by Gasteiger charge is -2.30. The van der Waals surface area contributed by atoms with Gasteiger partial charge in [-0.2, -0.15) is 18.4 Å². The monoisotopic (exact) mass is 409 g/mol. The quantitative estimate of drug-likeness (QED) is 0.617. The van der Waals surface area contributed by atoms with E-state index in [-0.39, 0.29) is 23.4 Å². The first-order valence-corrected chi connectivity index (χ1v) is 9.56. The van der Waals surface area contributed by atoms with Crippen LogP contribution in [0.1, 0.15) is 30.0 Å². The number of hydrogen-bond donors (Lipinski definition) is 0. The van der Waals surface area contributed by atoms with Crippen molar-refractivity contribution < 1.29 is 13.2 Å². The van der Waals surface area contributed by atoms with Gasteiger partial charge in [0.25, 0.3) is 0 Å². The summed E-state index contributed by atoms with van der Waals surface area (Å²) in [5.74, 6) is -0.396. The molecule has 4 rings (SSSR count). The van der Waals surface area contributed by atoms with Gasteiger partial charge in [0.15, 0.2) is 11.5 Å². The van der Waals surface area contributed by atoms with E-state index in [0.717, 1.165) is 18.1 Å². The van der Waals surface area contributed by atoms with Gasteiger partial charge >= 0.3 is 6.18 Å². The molecule has 1 fully saturated rings. The van der Waals surface area contributed by atoms with Crippen molar-refractivity contribution in [3.63, 3.8) is 0 Å². The largest absolute Gasteiger partial charge is 0.433 e. The van der Waals surface area contributed by atoms with Crippen molar-refractivity contribution in [3.05, 3.63) is 72.1 Å². The fourth-order valence-corrected chi connectivity index (χ4v) is 3.80. The third-order valence-corrected chi connectivity index (χ3v) is 5.17. The Labute approximate surface area is 171 Å². The Morgan fingerprint density at radius 3 is 2.50 bits per heavy atom. The molecule has 2 unspecified atom stereocenters. The van der Waals surface area contributed by atoms with E-state index in [4.69, 9.17) is 0 Å². The average Bonchev–Trinajstić information content (AvgIpc) is 3.24. The summed E-state index contributed by atoms with van der Waals surface area (Å²) in [5, 5.41) is 9.82. The molecule has 152 valence electrons. The minimum atomic E-state index is -4.62. The van der Waals surface area contributed by atoms with E-state index in [1.54, 1.807) is 23.1 Å². The summed E-state index contributed by atoms with van der Waals surface area (Å²) in [4.78, 5) is 14.0. The van der Waals surface area contributed by atoms with E-state index in [9.17, 15) is 18.4 Å². The Bertz CT molecular complexity index is 1050. The molecule has 0 radical (unpaired) electrons. The van der Waals surface area contributed by atoms with Gasteiger partial charge in [0.2, 0.25) is 0 Å². The normalized spacial score (nSPS) is 17.5. The Morgan fingerprint density at radius 2 is 1.83 bits per heavy atom. The number of rotatable bonds is 4. The highest BCUT2D eigenvalue weighted by Gasteiger charge is 2.38. The van der Waals surface area contributed by atoms with Crippen LogP contribution in [0, 0.1) is 11.3 Å². The summed E-state index contributed by atoms with van der Waals surface area (Å²) >= 11 is 0. The van der Waals surface area contributed by atoms with Crippen LogP contribution in [0.3, 0.4) is 0 Å². The Hall–Kier alpha value is -3.47. The molecule has 0 aliphatic carbocycles. The van der Waals surface area contributed by atoms with E-state index >= 15 is 0 Å². The summed E-state index contributed by atoms with van der Waals surface area (Å²) < 4.78 is 40.7. The molecule has 3 aromatic rings. The fraction of sp³-hybridized carbons (Fsp3) is 0.273. The van der Waals surface area contributed by atoms with Crippen LogP contribution >= 0.6 is 0 Å². The molecule has 1 aromatic carbocycles. The number of anilines is 1. The van der Waals surface area contributed by atoms with Gasteiger partial charge in [0, 0.05) is 18.8 Å². The predicted molar refractivity (Wildman–Crippen MR) is 105 cm³/mol. The number of nitrogens with zero attached hydrogens (tertiary/aromatic N) is 5. The van der Waals surface area contributed by atoms with Crippen molar-refractivity contribution >= 4 is 5.82 Å². The van der Waals surface area contributed by atoms with Crippen molar-refractivity contribution in [1.29, 1.82) is 5.26 Å². The minimum absolute atomic E-state index is 0.0840. The number of benzene rings is 1. The Morgan fingerprint density at radius 1 is 1.07 bits per heavy atom. The number of halogens is 3. The number of pyridine rings is 1. The summed E-state index contributed by atoms with van der Waals surface area (Å²) in [5.41, 5.74) is 0.0828. The summed E-state index contributed by atoms with van der Waals surface area (Å²) in [6.45, 7) is 0.519. The van der Waals surface area contributed by atoms with Crippen molar-refractivity contribution in [2.45, 2.75) is 31.0 Å². The first kappa shape index (κ1) is 19.8. The molecule has 1 aliphatic heterocycles. The van der Waals surface area contributed by atoms with Crippen LogP contribution in [-0.4, -0.2) is 27.5 Å². The zero-order valence-electron chi connectivity index (χ0n) is 15.9. The molecule has 1 saturated heterocycles. The number of nitriles is 1. The van der Waals surface area contributed by atoms with Crippen LogP contribution in [0.5, 0.6) is 0 Å². The van der Waals surface area contributed by atoms with Crippen LogP contribution in [0.25, 0.3) is 11.5 Å². The molecule has 0 saturated carbocycles. The molecular formula is C22H18F3N5. The maximum absolute atomic E-state index is 13.6. The smallest absolute Gasteiger partial charge is 0.352 e. The van der Waals surface area contributed by atoms with Crippen molar-refractivity contribution in [3.8, 4) is 17.6 Å². The van der Waals surface area contributed by atoms with Gasteiger partial charge in [-0.1, -0.05) is 36.4 Å². The lowest BCUT2D eigenvalue weighted by molar-refractivity contribution is -0.141. The van der Waals surface area contributed by atoms with Gasteiger partial charge in [0.05, 0.1) is 18.0 Å². The number of alkyl halides is 3. The third kappa shape index (κ3) is 3.96. The standard InChI is InChI=1S/C22H18F3N5/c23-22(24,25)19-13-20(29-21(28-19)17-9-4-5-11-27-17)30-12-6-10-18(30)16(14-26)15-7-2-1-3-8-15/h1-5,7-9,11,13,16,18H,6,10,12H2. The molecule has 1 aliphatic rings.